The number of hydrogen-bond donors (Lipinski definition) is 1. The highest BCUT2D eigenvalue weighted by Gasteiger charge is 2.35. The largest absolute Gasteiger partial charge is 0.319 e. The van der Waals surface area contributed by atoms with Crippen molar-refractivity contribution in [3.8, 4) is 0 Å². The van der Waals surface area contributed by atoms with Crippen LogP contribution in [0, 0.1) is 6.92 Å². The van der Waals surface area contributed by atoms with Crippen molar-refractivity contribution in [1.29, 1.82) is 0 Å². The van der Waals surface area contributed by atoms with Crippen LogP contribution in [0.2, 0.25) is 0 Å². The summed E-state index contributed by atoms with van der Waals surface area (Å²) in [5, 5.41) is 13.5. The molecule has 3 rings (SSSR count). The van der Waals surface area contributed by atoms with Crippen molar-refractivity contribution in [2.45, 2.75) is 38.1 Å². The number of aryl methyl sites for hydroxylation is 1. The van der Waals surface area contributed by atoms with Gasteiger partial charge in [-0.1, -0.05) is 24.2 Å². The fourth-order valence-corrected chi connectivity index (χ4v) is 3.18. The predicted molar refractivity (Wildman–Crippen MR) is 57.7 cm³/mol. The highest BCUT2D eigenvalue weighted by molar-refractivity contribution is 7.16. The van der Waals surface area contributed by atoms with Crippen molar-refractivity contribution in [2.24, 2.45) is 5.73 Å². The minimum Gasteiger partial charge on any atom is -0.319 e. The molecule has 1 aliphatic carbocycles. The molecule has 2 heterocycles. The van der Waals surface area contributed by atoms with Gasteiger partial charge in [-0.3, -0.25) is 0 Å². The molecular formula is C9H13N5S. The number of rotatable bonds is 1. The van der Waals surface area contributed by atoms with E-state index in [4.69, 9.17) is 5.73 Å². The van der Waals surface area contributed by atoms with Gasteiger partial charge in [0.1, 0.15) is 5.01 Å². The Hall–Kier alpha value is -1.01. The van der Waals surface area contributed by atoms with Crippen LogP contribution in [0.25, 0.3) is 4.96 Å². The molecule has 5 nitrogen and oxygen atoms in total. The summed E-state index contributed by atoms with van der Waals surface area (Å²) >= 11 is 1.57. The Morgan fingerprint density at radius 1 is 1.33 bits per heavy atom. The number of nitrogens with two attached hydrogens (primary N) is 1. The lowest BCUT2D eigenvalue weighted by Gasteiger charge is -2.18. The number of nitrogens with zero attached hydrogens (tertiary/aromatic N) is 4. The molecule has 1 aliphatic rings. The van der Waals surface area contributed by atoms with Crippen LogP contribution in [-0.4, -0.2) is 19.8 Å². The molecule has 0 amide bonds. The average molecular weight is 223 g/mol. The van der Waals surface area contributed by atoms with Crippen LogP contribution in [-0.2, 0) is 5.54 Å². The molecule has 2 aromatic heterocycles. The second kappa shape index (κ2) is 2.99. The zero-order valence-electron chi connectivity index (χ0n) is 8.60. The Bertz CT molecular complexity index is 494. The first-order chi connectivity index (χ1) is 7.19. The summed E-state index contributed by atoms with van der Waals surface area (Å²) in [4.78, 5) is 0.847. The van der Waals surface area contributed by atoms with Crippen molar-refractivity contribution in [2.75, 3.05) is 0 Å². The molecule has 0 unspecified atom stereocenters. The molecule has 15 heavy (non-hydrogen) atoms. The van der Waals surface area contributed by atoms with Crippen LogP contribution in [0.15, 0.2) is 0 Å². The molecule has 80 valence electrons. The zero-order chi connectivity index (χ0) is 10.5. The molecule has 0 spiro atoms. The van der Waals surface area contributed by atoms with Crippen molar-refractivity contribution in [1.82, 2.24) is 19.8 Å². The van der Waals surface area contributed by atoms with E-state index in [1.54, 1.807) is 15.9 Å². The summed E-state index contributed by atoms with van der Waals surface area (Å²) in [5.41, 5.74) is 6.13. The van der Waals surface area contributed by atoms with Gasteiger partial charge in [-0.05, 0) is 19.8 Å². The smallest absolute Gasteiger partial charge is 0.234 e. The maximum Gasteiger partial charge on any atom is 0.234 e. The molecule has 0 aliphatic heterocycles. The summed E-state index contributed by atoms with van der Waals surface area (Å²) in [7, 11) is 0. The van der Waals surface area contributed by atoms with E-state index in [0.717, 1.165) is 28.6 Å². The molecule has 6 heteroatoms. The number of fused-ring (bicyclic) bond motifs is 1. The summed E-state index contributed by atoms with van der Waals surface area (Å²) in [6.07, 6.45) is 4.48. The highest BCUT2D eigenvalue weighted by atomic mass is 32.1. The first kappa shape index (κ1) is 9.23. The lowest BCUT2D eigenvalue weighted by atomic mass is 10.0. The molecule has 2 aromatic rings. The van der Waals surface area contributed by atoms with E-state index in [2.05, 4.69) is 15.3 Å². The minimum atomic E-state index is -0.211. The van der Waals surface area contributed by atoms with Crippen LogP contribution < -0.4 is 5.73 Å². The van der Waals surface area contributed by atoms with Crippen molar-refractivity contribution in [3.05, 3.63) is 10.8 Å². The maximum absolute atomic E-state index is 6.34. The predicted octanol–water partition coefficient (Wildman–Crippen LogP) is 1.22. The minimum absolute atomic E-state index is 0.211. The Kier molecular flexibility index (Phi) is 1.84. The van der Waals surface area contributed by atoms with E-state index in [1.807, 2.05) is 6.92 Å². The summed E-state index contributed by atoms with van der Waals surface area (Å²) < 4.78 is 1.78. The Morgan fingerprint density at radius 2 is 2.07 bits per heavy atom. The van der Waals surface area contributed by atoms with Gasteiger partial charge in [0.2, 0.25) is 4.96 Å². The molecule has 0 aromatic carbocycles. The van der Waals surface area contributed by atoms with Gasteiger partial charge in [0.05, 0.1) is 5.54 Å². The molecule has 0 atom stereocenters. The van der Waals surface area contributed by atoms with Gasteiger partial charge in [-0.25, -0.2) is 0 Å². The second-order valence-corrected chi connectivity index (χ2v) is 5.17. The first-order valence-electron chi connectivity index (χ1n) is 5.17. The second-order valence-electron chi connectivity index (χ2n) is 4.21. The Balaban J connectivity index is 2.11. The third kappa shape index (κ3) is 1.28. The molecule has 1 fully saturated rings. The summed E-state index contributed by atoms with van der Waals surface area (Å²) in [5.74, 6) is 0.828. The SMILES string of the molecule is Cc1nnc2sc(C3(N)CCCC3)nn12. The standard InChI is InChI=1S/C9H13N5S/c1-6-11-12-8-14(6)13-7(15-8)9(10)4-2-3-5-9/h2-5,10H2,1H3. The quantitative estimate of drug-likeness (QED) is 0.789. The van der Waals surface area contributed by atoms with Gasteiger partial charge in [0, 0.05) is 0 Å². The number of hydrogen-bond acceptors (Lipinski definition) is 5. The summed E-state index contributed by atoms with van der Waals surface area (Å²) in [6.45, 7) is 1.90. The van der Waals surface area contributed by atoms with Crippen molar-refractivity contribution < 1.29 is 0 Å². The number of aromatic nitrogens is 4. The van der Waals surface area contributed by atoms with Gasteiger partial charge in [0.15, 0.2) is 5.82 Å². The third-order valence-corrected chi connectivity index (χ3v) is 4.19. The van der Waals surface area contributed by atoms with Crippen molar-refractivity contribution >= 4 is 16.3 Å². The average Bonchev–Trinajstić information content (AvgIpc) is 2.85. The van der Waals surface area contributed by atoms with Crippen molar-refractivity contribution in [3.63, 3.8) is 0 Å². The van der Waals surface area contributed by atoms with E-state index in [9.17, 15) is 0 Å². The topological polar surface area (TPSA) is 69.1 Å². The third-order valence-electron chi connectivity index (χ3n) is 3.07. The maximum atomic E-state index is 6.34. The van der Waals surface area contributed by atoms with E-state index in [1.165, 1.54) is 12.8 Å². The summed E-state index contributed by atoms with van der Waals surface area (Å²) in [6, 6.07) is 0. The lowest BCUT2D eigenvalue weighted by Crippen LogP contribution is -2.33. The van der Waals surface area contributed by atoms with Gasteiger partial charge >= 0.3 is 0 Å². The molecule has 0 bridgehead atoms. The fraction of sp³-hybridized carbons (Fsp3) is 0.667. The highest BCUT2D eigenvalue weighted by Crippen LogP contribution is 2.37. The van der Waals surface area contributed by atoms with Crippen LogP contribution in [0.1, 0.15) is 36.5 Å². The van der Waals surface area contributed by atoms with Crippen LogP contribution in [0.3, 0.4) is 0 Å². The Labute approximate surface area is 91.3 Å². The first-order valence-corrected chi connectivity index (χ1v) is 5.99. The lowest BCUT2D eigenvalue weighted by molar-refractivity contribution is 0.452. The Morgan fingerprint density at radius 3 is 2.73 bits per heavy atom. The van der Waals surface area contributed by atoms with Crippen LogP contribution in [0.4, 0.5) is 0 Å². The zero-order valence-corrected chi connectivity index (χ0v) is 9.42. The fourth-order valence-electron chi connectivity index (χ4n) is 2.14. The van der Waals surface area contributed by atoms with E-state index in [-0.39, 0.29) is 5.54 Å². The van der Waals surface area contributed by atoms with Crippen LogP contribution in [0.5, 0.6) is 0 Å². The molecule has 2 N–H and O–H groups in total. The van der Waals surface area contributed by atoms with Gasteiger partial charge < -0.3 is 5.73 Å². The molecule has 0 saturated heterocycles. The molecule has 1 saturated carbocycles. The normalized spacial score (nSPS) is 20.1. The van der Waals surface area contributed by atoms with E-state index in [0.29, 0.717) is 0 Å². The monoisotopic (exact) mass is 223 g/mol. The van der Waals surface area contributed by atoms with Gasteiger partial charge in [0.25, 0.3) is 0 Å². The molecular weight excluding hydrogens is 210 g/mol. The van der Waals surface area contributed by atoms with Crippen LogP contribution >= 0.6 is 11.3 Å². The van der Waals surface area contributed by atoms with E-state index >= 15 is 0 Å². The van der Waals surface area contributed by atoms with E-state index < -0.39 is 0 Å². The molecule has 0 radical (unpaired) electrons. The van der Waals surface area contributed by atoms with Gasteiger partial charge in [-0.2, -0.15) is 9.61 Å². The van der Waals surface area contributed by atoms with Gasteiger partial charge in [-0.15, -0.1) is 10.2 Å².